The summed E-state index contributed by atoms with van der Waals surface area (Å²) in [5.41, 5.74) is 1.51. The smallest absolute Gasteiger partial charge is 0.220 e. The van der Waals surface area contributed by atoms with Gasteiger partial charge in [-0.1, -0.05) is 18.2 Å². The van der Waals surface area contributed by atoms with Gasteiger partial charge in [-0.25, -0.2) is 0 Å². The molecule has 0 bridgehead atoms. The molecule has 4 nitrogen and oxygen atoms in total. The zero-order valence-corrected chi connectivity index (χ0v) is 14.2. The number of aryl methyl sites for hydroxylation is 2. The summed E-state index contributed by atoms with van der Waals surface area (Å²) in [6, 6.07) is 8.21. The quantitative estimate of drug-likeness (QED) is 0.823. The summed E-state index contributed by atoms with van der Waals surface area (Å²) in [6.07, 6.45) is 5.17. The summed E-state index contributed by atoms with van der Waals surface area (Å²) in [6.45, 7) is 2.04. The first-order valence-electron chi connectivity index (χ1n) is 7.44. The summed E-state index contributed by atoms with van der Waals surface area (Å²) in [4.78, 5) is 12.0. The first kappa shape index (κ1) is 16.9. The third-order valence-corrected chi connectivity index (χ3v) is 4.63. The molecule has 22 heavy (non-hydrogen) atoms. The lowest BCUT2D eigenvalue weighted by atomic mass is 10.1. The van der Waals surface area contributed by atoms with Crippen molar-refractivity contribution in [2.45, 2.75) is 25.4 Å². The first-order valence-corrected chi connectivity index (χ1v) is 8.83. The van der Waals surface area contributed by atoms with E-state index in [0.29, 0.717) is 25.1 Å². The van der Waals surface area contributed by atoms with Crippen molar-refractivity contribution >= 4 is 28.6 Å². The molecule has 0 saturated heterocycles. The van der Waals surface area contributed by atoms with Crippen molar-refractivity contribution in [1.82, 2.24) is 9.88 Å². The third-order valence-electron chi connectivity index (χ3n) is 3.72. The summed E-state index contributed by atoms with van der Waals surface area (Å²) in [5.74, 6) is 0.589. The number of benzene rings is 1. The SMILES string of the molecule is CSCC(C)(O)CNC(=O)CCc1cn(C)c2ccccc12. The molecule has 2 rings (SSSR count). The van der Waals surface area contributed by atoms with E-state index in [4.69, 9.17) is 0 Å². The number of amides is 1. The van der Waals surface area contributed by atoms with Crippen LogP contribution in [0.5, 0.6) is 0 Å². The monoisotopic (exact) mass is 320 g/mol. The van der Waals surface area contributed by atoms with Gasteiger partial charge in [0.2, 0.25) is 5.91 Å². The molecule has 0 aliphatic rings. The van der Waals surface area contributed by atoms with Gasteiger partial charge in [-0.15, -0.1) is 0 Å². The minimum Gasteiger partial charge on any atom is -0.387 e. The second-order valence-electron chi connectivity index (χ2n) is 5.99. The van der Waals surface area contributed by atoms with E-state index in [0.717, 1.165) is 0 Å². The number of nitrogens with one attached hydrogen (secondary N) is 1. The predicted molar refractivity (Wildman–Crippen MR) is 93.3 cm³/mol. The van der Waals surface area contributed by atoms with Gasteiger partial charge in [-0.2, -0.15) is 11.8 Å². The number of hydrogen-bond acceptors (Lipinski definition) is 3. The van der Waals surface area contributed by atoms with Crippen LogP contribution in [0.3, 0.4) is 0 Å². The number of fused-ring (bicyclic) bond motifs is 1. The van der Waals surface area contributed by atoms with Gasteiger partial charge in [0, 0.05) is 42.9 Å². The molecule has 5 heteroatoms. The summed E-state index contributed by atoms with van der Waals surface area (Å²) >= 11 is 1.57. The molecule has 1 atom stereocenters. The maximum Gasteiger partial charge on any atom is 0.220 e. The number of hydrogen-bond donors (Lipinski definition) is 2. The zero-order valence-electron chi connectivity index (χ0n) is 13.4. The van der Waals surface area contributed by atoms with Crippen molar-refractivity contribution < 1.29 is 9.90 Å². The van der Waals surface area contributed by atoms with Crippen LogP contribution in [-0.4, -0.2) is 39.7 Å². The predicted octanol–water partition coefficient (Wildman–Crippen LogP) is 2.34. The zero-order chi connectivity index (χ0) is 16.2. The molecule has 0 fully saturated rings. The van der Waals surface area contributed by atoms with Gasteiger partial charge >= 0.3 is 0 Å². The van der Waals surface area contributed by atoms with Gasteiger partial charge in [0.15, 0.2) is 0 Å². The number of nitrogens with zero attached hydrogens (tertiary/aromatic N) is 1. The van der Waals surface area contributed by atoms with Crippen LogP contribution in [0.1, 0.15) is 18.9 Å². The van der Waals surface area contributed by atoms with E-state index >= 15 is 0 Å². The molecule has 0 aliphatic heterocycles. The second-order valence-corrected chi connectivity index (χ2v) is 6.86. The highest BCUT2D eigenvalue weighted by Gasteiger charge is 2.20. The average Bonchev–Trinajstić information content (AvgIpc) is 2.80. The van der Waals surface area contributed by atoms with E-state index in [9.17, 15) is 9.90 Å². The summed E-state index contributed by atoms with van der Waals surface area (Å²) < 4.78 is 2.09. The molecule has 2 N–H and O–H groups in total. The van der Waals surface area contributed by atoms with Gasteiger partial charge in [0.1, 0.15) is 0 Å². The molecule has 1 aromatic heterocycles. The first-order chi connectivity index (χ1) is 10.4. The molecular weight excluding hydrogens is 296 g/mol. The van der Waals surface area contributed by atoms with Crippen LogP contribution >= 0.6 is 11.8 Å². The fourth-order valence-corrected chi connectivity index (χ4v) is 3.34. The molecule has 1 heterocycles. The van der Waals surface area contributed by atoms with Crippen LogP contribution in [-0.2, 0) is 18.3 Å². The topological polar surface area (TPSA) is 54.3 Å². The van der Waals surface area contributed by atoms with Crippen molar-refractivity contribution in [3.8, 4) is 0 Å². The molecule has 120 valence electrons. The van der Waals surface area contributed by atoms with Crippen LogP contribution in [0.2, 0.25) is 0 Å². The van der Waals surface area contributed by atoms with Crippen molar-refractivity contribution in [2.75, 3.05) is 18.6 Å². The Morgan fingerprint density at radius 1 is 1.41 bits per heavy atom. The van der Waals surface area contributed by atoms with E-state index in [2.05, 4.69) is 28.2 Å². The lowest BCUT2D eigenvalue weighted by Crippen LogP contribution is -2.42. The summed E-state index contributed by atoms with van der Waals surface area (Å²) in [5, 5.41) is 14.1. The third kappa shape index (κ3) is 4.27. The second kappa shape index (κ2) is 7.20. The van der Waals surface area contributed by atoms with E-state index in [-0.39, 0.29) is 5.91 Å². The average molecular weight is 320 g/mol. The lowest BCUT2D eigenvalue weighted by molar-refractivity contribution is -0.122. The van der Waals surface area contributed by atoms with Crippen molar-refractivity contribution in [1.29, 1.82) is 0 Å². The number of carbonyl (C=O) groups excluding carboxylic acids is 1. The van der Waals surface area contributed by atoms with Crippen molar-refractivity contribution in [3.05, 3.63) is 36.0 Å². The number of thioether (sulfide) groups is 1. The number of aliphatic hydroxyl groups is 1. The fourth-order valence-electron chi connectivity index (χ4n) is 2.61. The highest BCUT2D eigenvalue weighted by molar-refractivity contribution is 7.98. The Labute approximate surface area is 135 Å². The van der Waals surface area contributed by atoms with Crippen LogP contribution < -0.4 is 5.32 Å². The number of aromatic nitrogens is 1. The molecule has 0 radical (unpaired) electrons. The number of carbonyl (C=O) groups is 1. The Bertz CT molecular complexity index is 649. The highest BCUT2D eigenvalue weighted by atomic mass is 32.2. The molecule has 0 saturated carbocycles. The van der Waals surface area contributed by atoms with Crippen LogP contribution in [0, 0.1) is 0 Å². The number of rotatable bonds is 7. The van der Waals surface area contributed by atoms with Gasteiger partial charge in [0.25, 0.3) is 0 Å². The van der Waals surface area contributed by atoms with Crippen LogP contribution in [0.15, 0.2) is 30.5 Å². The van der Waals surface area contributed by atoms with Crippen molar-refractivity contribution in [3.63, 3.8) is 0 Å². The Balaban J connectivity index is 1.91. The molecule has 0 aliphatic carbocycles. The molecule has 1 amide bonds. The molecular formula is C17H24N2O2S. The fraction of sp³-hybridized carbons (Fsp3) is 0.471. The minimum absolute atomic E-state index is 0.0192. The normalized spacial score (nSPS) is 14.0. The standard InChI is InChI=1S/C17H24N2O2S/c1-17(21,12-22-3)11-18-16(20)9-8-13-10-19(2)15-7-5-4-6-14(13)15/h4-7,10,21H,8-9,11-12H2,1-3H3,(H,18,20). The van der Waals surface area contributed by atoms with Gasteiger partial charge in [-0.05, 0) is 31.2 Å². The maximum atomic E-state index is 12.0. The lowest BCUT2D eigenvalue weighted by Gasteiger charge is -2.22. The Morgan fingerprint density at radius 3 is 2.86 bits per heavy atom. The highest BCUT2D eigenvalue weighted by Crippen LogP contribution is 2.21. The Kier molecular flexibility index (Phi) is 5.53. The van der Waals surface area contributed by atoms with E-state index in [1.54, 1.807) is 18.7 Å². The van der Waals surface area contributed by atoms with Gasteiger partial charge in [-0.3, -0.25) is 4.79 Å². The van der Waals surface area contributed by atoms with Crippen molar-refractivity contribution in [2.24, 2.45) is 7.05 Å². The van der Waals surface area contributed by atoms with Crippen LogP contribution in [0.4, 0.5) is 0 Å². The van der Waals surface area contributed by atoms with Crippen LogP contribution in [0.25, 0.3) is 10.9 Å². The number of para-hydroxylation sites is 1. The summed E-state index contributed by atoms with van der Waals surface area (Å²) in [7, 11) is 2.02. The Morgan fingerprint density at radius 2 is 2.14 bits per heavy atom. The maximum absolute atomic E-state index is 12.0. The molecule has 0 spiro atoms. The minimum atomic E-state index is -0.853. The Hall–Kier alpha value is -1.46. The largest absolute Gasteiger partial charge is 0.387 e. The van der Waals surface area contributed by atoms with Gasteiger partial charge in [0.05, 0.1) is 5.60 Å². The van der Waals surface area contributed by atoms with Gasteiger partial charge < -0.3 is 15.0 Å². The van der Waals surface area contributed by atoms with E-state index < -0.39 is 5.60 Å². The molecule has 2 aromatic rings. The molecule has 1 aromatic carbocycles. The van der Waals surface area contributed by atoms with E-state index in [1.807, 2.05) is 25.4 Å². The molecule has 1 unspecified atom stereocenters. The van der Waals surface area contributed by atoms with E-state index in [1.165, 1.54) is 16.5 Å².